The first kappa shape index (κ1) is 12.9. The van der Waals surface area contributed by atoms with Crippen LogP contribution in [0.25, 0.3) is 11.4 Å². The van der Waals surface area contributed by atoms with Crippen LogP contribution < -0.4 is 10.5 Å². The molecule has 1 fully saturated rings. The van der Waals surface area contributed by atoms with Gasteiger partial charge in [0.1, 0.15) is 5.75 Å². The molecule has 106 valence electrons. The summed E-state index contributed by atoms with van der Waals surface area (Å²) in [7, 11) is 1.60. The molecule has 1 saturated carbocycles. The van der Waals surface area contributed by atoms with Crippen LogP contribution in [0.4, 0.5) is 5.69 Å². The summed E-state index contributed by atoms with van der Waals surface area (Å²) in [6.07, 6.45) is 2.66. The van der Waals surface area contributed by atoms with E-state index in [1.54, 1.807) is 7.11 Å². The van der Waals surface area contributed by atoms with Crippen LogP contribution >= 0.6 is 0 Å². The van der Waals surface area contributed by atoms with E-state index in [4.69, 9.17) is 10.5 Å². The maximum absolute atomic E-state index is 5.84. The van der Waals surface area contributed by atoms with Crippen molar-refractivity contribution >= 4 is 5.69 Å². The predicted molar refractivity (Wildman–Crippen MR) is 76.1 cm³/mol. The van der Waals surface area contributed by atoms with Crippen LogP contribution in [0.1, 0.15) is 19.8 Å². The molecule has 6 nitrogen and oxygen atoms in total. The first-order valence-corrected chi connectivity index (χ1v) is 6.89. The van der Waals surface area contributed by atoms with E-state index >= 15 is 0 Å². The molecular weight excluding hydrogens is 254 g/mol. The van der Waals surface area contributed by atoms with Gasteiger partial charge in [-0.3, -0.25) is 0 Å². The number of benzene rings is 1. The highest BCUT2D eigenvalue weighted by molar-refractivity contribution is 5.65. The van der Waals surface area contributed by atoms with Crippen molar-refractivity contribution in [3.8, 4) is 17.1 Å². The third kappa shape index (κ3) is 2.45. The highest BCUT2D eigenvalue weighted by Crippen LogP contribution is 2.37. The number of tetrazole rings is 1. The lowest BCUT2D eigenvalue weighted by Crippen LogP contribution is -2.12. The van der Waals surface area contributed by atoms with E-state index in [1.807, 2.05) is 22.9 Å². The van der Waals surface area contributed by atoms with E-state index in [1.165, 1.54) is 12.8 Å². The van der Waals surface area contributed by atoms with Gasteiger partial charge >= 0.3 is 0 Å². The Morgan fingerprint density at radius 3 is 2.95 bits per heavy atom. The van der Waals surface area contributed by atoms with E-state index in [2.05, 4.69) is 22.4 Å². The van der Waals surface area contributed by atoms with Gasteiger partial charge in [-0.15, -0.1) is 5.10 Å². The molecular formula is C14H19N5O. The Morgan fingerprint density at radius 1 is 1.45 bits per heavy atom. The molecule has 1 aliphatic carbocycles. The number of ether oxygens (including phenoxy) is 1. The van der Waals surface area contributed by atoms with Crippen LogP contribution in [0.5, 0.6) is 5.75 Å². The second-order valence-electron chi connectivity index (χ2n) is 5.46. The maximum atomic E-state index is 5.84. The molecule has 2 N–H and O–H groups in total. The van der Waals surface area contributed by atoms with Gasteiger partial charge in [-0.1, -0.05) is 6.92 Å². The van der Waals surface area contributed by atoms with Gasteiger partial charge in [0.2, 0.25) is 0 Å². The van der Waals surface area contributed by atoms with Crippen LogP contribution in [0.15, 0.2) is 18.2 Å². The summed E-state index contributed by atoms with van der Waals surface area (Å²) in [4.78, 5) is 0. The smallest absolute Gasteiger partial charge is 0.182 e. The van der Waals surface area contributed by atoms with Crippen molar-refractivity contribution in [2.24, 2.45) is 11.8 Å². The number of nitrogens with zero attached hydrogens (tertiary/aromatic N) is 4. The molecule has 0 amide bonds. The van der Waals surface area contributed by atoms with Crippen molar-refractivity contribution in [3.63, 3.8) is 0 Å². The zero-order valence-electron chi connectivity index (χ0n) is 11.8. The number of rotatable bonds is 5. The summed E-state index contributed by atoms with van der Waals surface area (Å²) in [6, 6.07) is 5.61. The van der Waals surface area contributed by atoms with Crippen LogP contribution in [0, 0.1) is 11.8 Å². The van der Waals surface area contributed by atoms with Gasteiger partial charge in [0, 0.05) is 12.1 Å². The van der Waals surface area contributed by atoms with E-state index in [0.717, 1.165) is 23.9 Å². The average Bonchev–Trinajstić information content (AvgIpc) is 3.21. The zero-order valence-corrected chi connectivity index (χ0v) is 11.8. The summed E-state index contributed by atoms with van der Waals surface area (Å²) in [5.41, 5.74) is 7.37. The normalized spacial score (nSPS) is 16.1. The zero-order chi connectivity index (χ0) is 14.1. The highest BCUT2D eigenvalue weighted by Gasteiger charge is 2.29. The molecule has 0 spiro atoms. The number of hydrogen-bond donors (Lipinski definition) is 1. The van der Waals surface area contributed by atoms with Crippen molar-refractivity contribution in [2.45, 2.75) is 26.3 Å². The minimum Gasteiger partial charge on any atom is -0.495 e. The molecule has 2 aromatic rings. The second-order valence-corrected chi connectivity index (χ2v) is 5.46. The van der Waals surface area contributed by atoms with Gasteiger partial charge in [-0.2, -0.15) is 0 Å². The number of nitrogen functional groups attached to an aromatic ring is 1. The average molecular weight is 273 g/mol. The second kappa shape index (κ2) is 5.11. The monoisotopic (exact) mass is 273 g/mol. The first-order valence-electron chi connectivity index (χ1n) is 6.89. The lowest BCUT2D eigenvalue weighted by molar-refractivity contribution is 0.402. The Labute approximate surface area is 117 Å². The van der Waals surface area contributed by atoms with Crippen LogP contribution in [0.2, 0.25) is 0 Å². The van der Waals surface area contributed by atoms with Crippen molar-refractivity contribution in [3.05, 3.63) is 18.2 Å². The third-order valence-electron chi connectivity index (χ3n) is 3.91. The molecule has 0 saturated heterocycles. The molecule has 1 unspecified atom stereocenters. The lowest BCUT2D eigenvalue weighted by Gasteiger charge is -2.12. The quantitative estimate of drug-likeness (QED) is 0.843. The fourth-order valence-electron chi connectivity index (χ4n) is 2.47. The standard InChI is InChI=1S/C14H19N5O/c1-9(10-3-4-10)8-19-14(16-17-18-19)11-5-6-12(15)13(7-11)20-2/h5-7,9-10H,3-4,8,15H2,1-2H3. The summed E-state index contributed by atoms with van der Waals surface area (Å²) in [6.45, 7) is 3.10. The van der Waals surface area contributed by atoms with E-state index in [0.29, 0.717) is 17.4 Å². The Bertz CT molecular complexity index is 605. The maximum Gasteiger partial charge on any atom is 0.182 e. The largest absolute Gasteiger partial charge is 0.495 e. The fraction of sp³-hybridized carbons (Fsp3) is 0.500. The third-order valence-corrected chi connectivity index (χ3v) is 3.91. The number of aromatic nitrogens is 4. The van der Waals surface area contributed by atoms with Crippen molar-refractivity contribution in [1.82, 2.24) is 20.2 Å². The van der Waals surface area contributed by atoms with Crippen molar-refractivity contribution in [2.75, 3.05) is 12.8 Å². The Kier molecular flexibility index (Phi) is 3.30. The SMILES string of the molecule is COc1cc(-c2nnnn2CC(C)C2CC2)ccc1N. The molecule has 3 rings (SSSR count). The van der Waals surface area contributed by atoms with Gasteiger partial charge < -0.3 is 10.5 Å². The van der Waals surface area contributed by atoms with Gasteiger partial charge in [0.25, 0.3) is 0 Å². The minimum absolute atomic E-state index is 0.605. The molecule has 20 heavy (non-hydrogen) atoms. The number of methoxy groups -OCH3 is 1. The van der Waals surface area contributed by atoms with E-state index in [-0.39, 0.29) is 0 Å². The first-order chi connectivity index (χ1) is 9.69. The molecule has 1 aromatic heterocycles. The van der Waals surface area contributed by atoms with E-state index < -0.39 is 0 Å². The summed E-state index contributed by atoms with van der Waals surface area (Å²) in [5, 5.41) is 12.0. The lowest BCUT2D eigenvalue weighted by atomic mass is 10.1. The minimum atomic E-state index is 0.605. The summed E-state index contributed by atoms with van der Waals surface area (Å²) < 4.78 is 7.12. The van der Waals surface area contributed by atoms with Crippen LogP contribution in [-0.4, -0.2) is 27.3 Å². The van der Waals surface area contributed by atoms with Crippen LogP contribution in [0.3, 0.4) is 0 Å². The van der Waals surface area contributed by atoms with Crippen molar-refractivity contribution in [1.29, 1.82) is 0 Å². The fourth-order valence-corrected chi connectivity index (χ4v) is 2.47. The molecule has 1 aromatic carbocycles. The molecule has 6 heteroatoms. The van der Waals surface area contributed by atoms with E-state index in [9.17, 15) is 0 Å². The van der Waals surface area contributed by atoms with Gasteiger partial charge in [0.05, 0.1) is 12.8 Å². The molecule has 1 heterocycles. The van der Waals surface area contributed by atoms with Crippen molar-refractivity contribution < 1.29 is 4.74 Å². The Morgan fingerprint density at radius 2 is 2.25 bits per heavy atom. The number of anilines is 1. The molecule has 0 bridgehead atoms. The van der Waals surface area contributed by atoms with Crippen LogP contribution in [-0.2, 0) is 6.54 Å². The van der Waals surface area contributed by atoms with Gasteiger partial charge in [0.15, 0.2) is 5.82 Å². The molecule has 1 atom stereocenters. The summed E-state index contributed by atoms with van der Waals surface area (Å²) in [5.74, 6) is 2.84. The molecule has 0 radical (unpaired) electrons. The topological polar surface area (TPSA) is 78.9 Å². The summed E-state index contributed by atoms with van der Waals surface area (Å²) >= 11 is 0. The number of nitrogens with two attached hydrogens (primary N) is 1. The predicted octanol–water partition coefficient (Wildman–Crippen LogP) is 1.98. The highest BCUT2D eigenvalue weighted by atomic mass is 16.5. The Balaban J connectivity index is 1.88. The molecule has 1 aliphatic rings. The Hall–Kier alpha value is -2.11. The number of hydrogen-bond acceptors (Lipinski definition) is 5. The van der Waals surface area contributed by atoms with Gasteiger partial charge in [-0.25, -0.2) is 4.68 Å². The van der Waals surface area contributed by atoms with Gasteiger partial charge in [-0.05, 0) is 53.3 Å². The molecule has 0 aliphatic heterocycles.